The van der Waals surface area contributed by atoms with Gasteiger partial charge in [0.25, 0.3) is 5.91 Å². The summed E-state index contributed by atoms with van der Waals surface area (Å²) in [4.78, 5) is 15.5. The number of carbonyl (C=O) groups is 1. The van der Waals surface area contributed by atoms with E-state index in [1.807, 2.05) is 29.2 Å². The van der Waals surface area contributed by atoms with Gasteiger partial charge in [0.1, 0.15) is 11.9 Å². The molecule has 1 unspecified atom stereocenters. The van der Waals surface area contributed by atoms with E-state index in [-0.39, 0.29) is 11.9 Å². The third-order valence-corrected chi connectivity index (χ3v) is 6.68. The first-order valence-electron chi connectivity index (χ1n) is 12.7. The third kappa shape index (κ3) is 6.30. The van der Waals surface area contributed by atoms with Crippen molar-refractivity contribution in [2.24, 2.45) is 0 Å². The Morgan fingerprint density at radius 3 is 2.53 bits per heavy atom. The predicted molar refractivity (Wildman–Crippen MR) is 138 cm³/mol. The Hall–Kier alpha value is -2.81. The highest BCUT2D eigenvalue weighted by molar-refractivity contribution is 5.83. The first-order chi connectivity index (χ1) is 17.5. The number of morpholine rings is 1. The van der Waals surface area contributed by atoms with E-state index in [2.05, 4.69) is 18.3 Å². The molecule has 196 valence electrons. The van der Waals surface area contributed by atoms with Gasteiger partial charge in [0.2, 0.25) is 0 Å². The summed E-state index contributed by atoms with van der Waals surface area (Å²) >= 11 is 0. The van der Waals surface area contributed by atoms with E-state index in [1.54, 1.807) is 21.3 Å². The number of hydrogen-bond donors (Lipinski definition) is 1. The molecule has 2 aromatic rings. The van der Waals surface area contributed by atoms with Gasteiger partial charge in [0.15, 0.2) is 11.5 Å². The van der Waals surface area contributed by atoms with Gasteiger partial charge in [-0.1, -0.05) is 6.07 Å². The second-order valence-electron chi connectivity index (χ2n) is 9.30. The van der Waals surface area contributed by atoms with Crippen LogP contribution in [0.2, 0.25) is 0 Å². The van der Waals surface area contributed by atoms with Gasteiger partial charge < -0.3 is 33.9 Å². The third-order valence-electron chi connectivity index (χ3n) is 6.68. The van der Waals surface area contributed by atoms with Gasteiger partial charge in [-0.05, 0) is 66.3 Å². The SMILES string of the molecule is COCCCOc1cc(CN(C(=O)C2CNCCO2)C2CC2)c(-c2ccc(OC)cc2C)cc1OC. The van der Waals surface area contributed by atoms with Crippen molar-refractivity contribution >= 4 is 5.91 Å². The van der Waals surface area contributed by atoms with Crippen molar-refractivity contribution in [3.63, 3.8) is 0 Å². The van der Waals surface area contributed by atoms with Crippen molar-refractivity contribution in [3.8, 4) is 28.4 Å². The van der Waals surface area contributed by atoms with Crippen LogP contribution < -0.4 is 19.5 Å². The lowest BCUT2D eigenvalue weighted by Crippen LogP contribution is -2.49. The molecular weight excluding hydrogens is 460 g/mol. The molecule has 2 fully saturated rings. The molecule has 8 nitrogen and oxygen atoms in total. The Morgan fingerprint density at radius 2 is 1.89 bits per heavy atom. The molecule has 0 radical (unpaired) electrons. The number of ether oxygens (including phenoxy) is 5. The molecule has 8 heteroatoms. The summed E-state index contributed by atoms with van der Waals surface area (Å²) in [6, 6.07) is 10.3. The summed E-state index contributed by atoms with van der Waals surface area (Å²) in [6.07, 6.45) is 2.35. The number of hydrogen-bond acceptors (Lipinski definition) is 7. The van der Waals surface area contributed by atoms with Crippen LogP contribution in [0.1, 0.15) is 30.4 Å². The first-order valence-corrected chi connectivity index (χ1v) is 12.7. The molecule has 1 atom stereocenters. The number of benzene rings is 2. The van der Waals surface area contributed by atoms with E-state index in [1.165, 1.54) is 0 Å². The molecular formula is C28H38N2O6. The molecule has 0 bridgehead atoms. The molecule has 1 N–H and O–H groups in total. The summed E-state index contributed by atoms with van der Waals surface area (Å²) in [5.74, 6) is 2.17. The monoisotopic (exact) mass is 498 g/mol. The van der Waals surface area contributed by atoms with Crippen molar-refractivity contribution in [2.45, 2.75) is 44.9 Å². The van der Waals surface area contributed by atoms with Crippen LogP contribution in [0.15, 0.2) is 30.3 Å². The highest BCUT2D eigenvalue weighted by Crippen LogP contribution is 2.40. The van der Waals surface area contributed by atoms with Crippen LogP contribution in [0.5, 0.6) is 17.2 Å². The largest absolute Gasteiger partial charge is 0.497 e. The Morgan fingerprint density at radius 1 is 1.06 bits per heavy atom. The van der Waals surface area contributed by atoms with Crippen LogP contribution in [0.25, 0.3) is 11.1 Å². The molecule has 0 spiro atoms. The summed E-state index contributed by atoms with van der Waals surface area (Å²) in [5, 5.41) is 3.28. The van der Waals surface area contributed by atoms with Gasteiger partial charge >= 0.3 is 0 Å². The smallest absolute Gasteiger partial charge is 0.253 e. The minimum atomic E-state index is -0.450. The normalized spacial score (nSPS) is 17.5. The molecule has 1 aliphatic heterocycles. The lowest BCUT2D eigenvalue weighted by atomic mass is 9.94. The maximum atomic E-state index is 13.5. The Balaban J connectivity index is 1.71. The minimum absolute atomic E-state index is 0.0421. The van der Waals surface area contributed by atoms with Gasteiger partial charge in [0, 0.05) is 45.8 Å². The van der Waals surface area contributed by atoms with E-state index in [9.17, 15) is 4.79 Å². The zero-order valence-corrected chi connectivity index (χ0v) is 21.8. The van der Waals surface area contributed by atoms with Crippen molar-refractivity contribution in [1.29, 1.82) is 0 Å². The maximum Gasteiger partial charge on any atom is 0.253 e. The van der Waals surface area contributed by atoms with Gasteiger partial charge in [0.05, 0.1) is 27.4 Å². The molecule has 4 rings (SSSR count). The van der Waals surface area contributed by atoms with Crippen molar-refractivity contribution in [3.05, 3.63) is 41.5 Å². The molecule has 1 aliphatic carbocycles. The maximum absolute atomic E-state index is 13.5. The average Bonchev–Trinajstić information content (AvgIpc) is 3.75. The zero-order valence-electron chi connectivity index (χ0n) is 21.8. The van der Waals surface area contributed by atoms with Crippen molar-refractivity contribution < 1.29 is 28.5 Å². The standard InChI is InChI=1S/C28H38N2O6/c1-19-14-22(33-3)8-9-23(19)24-16-25(34-4)26(35-12-5-11-32-2)15-20(24)18-30(21-6-7-21)28(31)27-17-29-10-13-36-27/h8-9,14-16,21,27,29H,5-7,10-13,17-18H2,1-4H3. The van der Waals surface area contributed by atoms with Crippen molar-refractivity contribution in [2.75, 3.05) is 54.2 Å². The van der Waals surface area contributed by atoms with E-state index < -0.39 is 6.10 Å². The Labute approximate surface area is 213 Å². The van der Waals surface area contributed by atoms with Crippen LogP contribution in [0.3, 0.4) is 0 Å². The molecule has 2 aliphatic rings. The summed E-state index contributed by atoms with van der Waals surface area (Å²) < 4.78 is 28.2. The number of nitrogens with zero attached hydrogens (tertiary/aromatic N) is 1. The number of carbonyl (C=O) groups excluding carboxylic acids is 1. The van der Waals surface area contributed by atoms with Gasteiger partial charge in [-0.15, -0.1) is 0 Å². The quantitative estimate of drug-likeness (QED) is 0.448. The molecule has 1 heterocycles. The van der Waals surface area contributed by atoms with E-state index in [4.69, 9.17) is 23.7 Å². The Bertz CT molecular complexity index is 1030. The van der Waals surface area contributed by atoms with Crippen LogP contribution in [0.4, 0.5) is 0 Å². The lowest BCUT2D eigenvalue weighted by molar-refractivity contribution is -0.146. The van der Waals surface area contributed by atoms with E-state index in [0.29, 0.717) is 44.4 Å². The number of nitrogens with one attached hydrogen (secondary N) is 1. The molecule has 0 aromatic heterocycles. The van der Waals surface area contributed by atoms with E-state index >= 15 is 0 Å². The topological polar surface area (TPSA) is 78.5 Å². The number of aryl methyl sites for hydroxylation is 1. The molecule has 1 saturated heterocycles. The summed E-state index contributed by atoms with van der Waals surface area (Å²) in [6.45, 7) is 5.54. The fourth-order valence-electron chi connectivity index (χ4n) is 4.57. The molecule has 1 amide bonds. The first kappa shape index (κ1) is 26.3. The fraction of sp³-hybridized carbons (Fsp3) is 0.536. The minimum Gasteiger partial charge on any atom is -0.497 e. The fourth-order valence-corrected chi connectivity index (χ4v) is 4.57. The predicted octanol–water partition coefficient (Wildman–Crippen LogP) is 3.57. The number of rotatable bonds is 12. The van der Waals surface area contributed by atoms with Crippen LogP contribution in [0, 0.1) is 6.92 Å². The second-order valence-corrected chi connectivity index (χ2v) is 9.30. The summed E-state index contributed by atoms with van der Waals surface area (Å²) in [7, 11) is 4.99. The van der Waals surface area contributed by atoms with Gasteiger partial charge in [-0.3, -0.25) is 4.79 Å². The van der Waals surface area contributed by atoms with Gasteiger partial charge in [-0.25, -0.2) is 0 Å². The molecule has 1 saturated carbocycles. The van der Waals surface area contributed by atoms with Crippen LogP contribution in [-0.2, 0) is 20.8 Å². The van der Waals surface area contributed by atoms with Crippen molar-refractivity contribution in [1.82, 2.24) is 10.2 Å². The number of methoxy groups -OCH3 is 3. The van der Waals surface area contributed by atoms with Crippen LogP contribution >= 0.6 is 0 Å². The second kappa shape index (κ2) is 12.4. The molecule has 36 heavy (non-hydrogen) atoms. The Kier molecular flexibility index (Phi) is 9.07. The average molecular weight is 499 g/mol. The highest BCUT2D eigenvalue weighted by atomic mass is 16.5. The zero-order chi connectivity index (χ0) is 25.5. The lowest BCUT2D eigenvalue weighted by Gasteiger charge is -2.31. The van der Waals surface area contributed by atoms with Crippen LogP contribution in [-0.4, -0.2) is 77.2 Å². The number of amides is 1. The van der Waals surface area contributed by atoms with Gasteiger partial charge in [-0.2, -0.15) is 0 Å². The van der Waals surface area contributed by atoms with E-state index in [0.717, 1.165) is 53.8 Å². The summed E-state index contributed by atoms with van der Waals surface area (Å²) in [5.41, 5.74) is 4.16. The highest BCUT2D eigenvalue weighted by Gasteiger charge is 2.37. The molecule has 2 aromatic carbocycles.